The fourth-order valence-electron chi connectivity index (χ4n) is 1.47. The fourth-order valence-corrected chi connectivity index (χ4v) is 2.74. The summed E-state index contributed by atoms with van der Waals surface area (Å²) in [6, 6.07) is 1.71. The van der Waals surface area contributed by atoms with Gasteiger partial charge in [0.2, 0.25) is 0 Å². The molecule has 2 aromatic rings. The highest BCUT2D eigenvalue weighted by molar-refractivity contribution is 7.92. The molecule has 0 amide bonds. The van der Waals surface area contributed by atoms with E-state index in [4.69, 9.17) is 11.6 Å². The lowest BCUT2D eigenvalue weighted by Crippen LogP contribution is -2.13. The molecule has 2 rings (SSSR count). The minimum Gasteiger partial charge on any atom is -0.506 e. The van der Waals surface area contributed by atoms with Crippen LogP contribution in [0.3, 0.4) is 0 Å². The van der Waals surface area contributed by atoms with Crippen molar-refractivity contribution in [1.29, 1.82) is 0 Å². The first-order valence-corrected chi connectivity index (χ1v) is 7.27. The van der Waals surface area contributed by atoms with Crippen molar-refractivity contribution in [3.8, 4) is 5.75 Å². The minimum atomic E-state index is -3.99. The van der Waals surface area contributed by atoms with Crippen LogP contribution in [-0.2, 0) is 17.1 Å². The normalized spacial score (nSPS) is 11.6. The number of hydrogen-bond acceptors (Lipinski definition) is 4. The van der Waals surface area contributed by atoms with E-state index in [0.29, 0.717) is 5.82 Å². The number of sulfonamides is 1. The summed E-state index contributed by atoms with van der Waals surface area (Å²) in [5.41, 5.74) is -0.222. The zero-order valence-corrected chi connectivity index (χ0v) is 12.1. The summed E-state index contributed by atoms with van der Waals surface area (Å²) in [4.78, 5) is 3.87. The first kappa shape index (κ1) is 14.6. The maximum atomic E-state index is 13.1. The maximum Gasteiger partial charge on any atom is 0.281 e. The molecule has 1 heterocycles. The molecule has 6 nitrogen and oxygen atoms in total. The molecule has 0 fully saturated rings. The van der Waals surface area contributed by atoms with Gasteiger partial charge < -0.3 is 9.67 Å². The van der Waals surface area contributed by atoms with Crippen LogP contribution in [0.4, 0.5) is 10.1 Å². The van der Waals surface area contributed by atoms with Gasteiger partial charge in [-0.3, -0.25) is 4.72 Å². The number of nitrogens with zero attached hydrogens (tertiary/aromatic N) is 2. The van der Waals surface area contributed by atoms with Crippen LogP contribution in [0.1, 0.15) is 5.82 Å². The van der Waals surface area contributed by atoms with Crippen LogP contribution in [0.2, 0.25) is 5.02 Å². The van der Waals surface area contributed by atoms with Gasteiger partial charge in [0.15, 0.2) is 5.03 Å². The molecule has 108 valence electrons. The SMILES string of the molecule is Cc1nc(S(=O)(=O)Nc2cc(Cl)c(F)cc2O)cn1C. The molecule has 0 spiro atoms. The van der Waals surface area contributed by atoms with Gasteiger partial charge in [0, 0.05) is 19.3 Å². The Morgan fingerprint density at radius 3 is 2.65 bits per heavy atom. The summed E-state index contributed by atoms with van der Waals surface area (Å²) in [7, 11) is -2.34. The summed E-state index contributed by atoms with van der Waals surface area (Å²) in [5.74, 6) is -0.907. The maximum absolute atomic E-state index is 13.1. The number of aromatic hydroxyl groups is 1. The van der Waals surface area contributed by atoms with E-state index in [0.717, 1.165) is 12.1 Å². The Balaban J connectivity index is 2.40. The average Bonchev–Trinajstić information content (AvgIpc) is 2.67. The number of phenols is 1. The molecule has 20 heavy (non-hydrogen) atoms. The van der Waals surface area contributed by atoms with Crippen LogP contribution in [0.25, 0.3) is 0 Å². The number of imidazole rings is 1. The second kappa shape index (κ2) is 4.95. The van der Waals surface area contributed by atoms with E-state index in [-0.39, 0.29) is 15.7 Å². The molecule has 1 aromatic carbocycles. The Bertz CT molecular complexity index is 754. The van der Waals surface area contributed by atoms with Gasteiger partial charge >= 0.3 is 0 Å². The third kappa shape index (κ3) is 2.70. The van der Waals surface area contributed by atoms with Gasteiger partial charge in [-0.25, -0.2) is 9.37 Å². The molecule has 2 N–H and O–H groups in total. The molecule has 0 aliphatic heterocycles. The van der Waals surface area contributed by atoms with Gasteiger partial charge in [0.1, 0.15) is 17.4 Å². The number of aryl methyl sites for hydroxylation is 2. The van der Waals surface area contributed by atoms with Crippen molar-refractivity contribution in [2.24, 2.45) is 7.05 Å². The highest BCUT2D eigenvalue weighted by Gasteiger charge is 2.21. The van der Waals surface area contributed by atoms with E-state index in [1.807, 2.05) is 0 Å². The largest absolute Gasteiger partial charge is 0.506 e. The highest BCUT2D eigenvalue weighted by atomic mass is 35.5. The summed E-state index contributed by atoms with van der Waals surface area (Å²) < 4.78 is 40.9. The predicted molar refractivity (Wildman–Crippen MR) is 71.8 cm³/mol. The molecular formula is C11H11ClFN3O3S. The average molecular weight is 320 g/mol. The molecule has 0 aliphatic carbocycles. The van der Waals surface area contributed by atoms with Gasteiger partial charge in [-0.15, -0.1) is 0 Å². The van der Waals surface area contributed by atoms with Crippen molar-refractivity contribution in [3.05, 3.63) is 35.0 Å². The zero-order valence-electron chi connectivity index (χ0n) is 10.6. The summed E-state index contributed by atoms with van der Waals surface area (Å²) in [6.07, 6.45) is 1.32. The Labute approximate surface area is 119 Å². The van der Waals surface area contributed by atoms with E-state index >= 15 is 0 Å². The van der Waals surface area contributed by atoms with E-state index in [1.54, 1.807) is 14.0 Å². The molecule has 9 heteroatoms. The monoisotopic (exact) mass is 319 g/mol. The standard InChI is InChI=1S/C11H11ClFN3O3S/c1-6-14-11(5-16(6)2)20(18,19)15-9-3-7(12)8(13)4-10(9)17/h3-5,15,17H,1-2H3. The highest BCUT2D eigenvalue weighted by Crippen LogP contribution is 2.30. The van der Waals surface area contributed by atoms with Crippen molar-refractivity contribution in [2.75, 3.05) is 4.72 Å². The predicted octanol–water partition coefficient (Wildman–Crippen LogP) is 2.03. The molecule has 0 aliphatic rings. The van der Waals surface area contributed by atoms with Crippen LogP contribution in [0.15, 0.2) is 23.4 Å². The lowest BCUT2D eigenvalue weighted by molar-refractivity contribution is 0.471. The number of rotatable bonds is 3. The molecule has 1 aromatic heterocycles. The number of nitrogens with one attached hydrogen (secondary N) is 1. The van der Waals surface area contributed by atoms with Crippen LogP contribution in [-0.4, -0.2) is 23.1 Å². The van der Waals surface area contributed by atoms with Crippen molar-refractivity contribution in [3.63, 3.8) is 0 Å². The summed E-state index contributed by atoms with van der Waals surface area (Å²) >= 11 is 5.55. The molecule has 0 unspecified atom stereocenters. The van der Waals surface area contributed by atoms with Crippen molar-refractivity contribution in [1.82, 2.24) is 9.55 Å². The van der Waals surface area contributed by atoms with Crippen molar-refractivity contribution >= 4 is 27.3 Å². The van der Waals surface area contributed by atoms with Crippen LogP contribution in [0.5, 0.6) is 5.75 Å². The second-order valence-electron chi connectivity index (χ2n) is 4.13. The molecule has 0 radical (unpaired) electrons. The van der Waals surface area contributed by atoms with Crippen molar-refractivity contribution < 1.29 is 17.9 Å². The van der Waals surface area contributed by atoms with Gasteiger partial charge in [-0.05, 0) is 13.0 Å². The summed E-state index contributed by atoms with van der Waals surface area (Å²) in [5, 5.41) is 9.02. The van der Waals surface area contributed by atoms with Gasteiger partial charge in [-0.1, -0.05) is 11.6 Å². The van der Waals surface area contributed by atoms with Crippen LogP contribution in [0, 0.1) is 12.7 Å². The van der Waals surface area contributed by atoms with Crippen molar-refractivity contribution in [2.45, 2.75) is 11.9 Å². The van der Waals surface area contributed by atoms with Gasteiger partial charge in [0.05, 0.1) is 10.7 Å². The topological polar surface area (TPSA) is 84.2 Å². The summed E-state index contributed by atoms with van der Waals surface area (Å²) in [6.45, 7) is 1.64. The Morgan fingerprint density at radius 1 is 1.45 bits per heavy atom. The Morgan fingerprint density at radius 2 is 2.10 bits per heavy atom. The zero-order chi connectivity index (χ0) is 15.1. The lowest BCUT2D eigenvalue weighted by atomic mass is 10.3. The number of benzene rings is 1. The van der Waals surface area contributed by atoms with Crippen LogP contribution >= 0.6 is 11.6 Å². The molecular weight excluding hydrogens is 309 g/mol. The van der Waals surface area contributed by atoms with Gasteiger partial charge in [0.25, 0.3) is 10.0 Å². The fraction of sp³-hybridized carbons (Fsp3) is 0.182. The second-order valence-corrected chi connectivity index (χ2v) is 6.16. The van der Waals surface area contributed by atoms with E-state index in [9.17, 15) is 17.9 Å². The molecule has 0 saturated carbocycles. The van der Waals surface area contributed by atoms with Gasteiger partial charge in [-0.2, -0.15) is 8.42 Å². The first-order chi connectivity index (χ1) is 9.20. The van der Waals surface area contributed by atoms with E-state index in [1.165, 1.54) is 10.8 Å². The third-order valence-electron chi connectivity index (χ3n) is 2.64. The Kier molecular flexibility index (Phi) is 3.61. The number of anilines is 1. The lowest BCUT2D eigenvalue weighted by Gasteiger charge is -2.08. The Hall–Kier alpha value is -1.80. The number of hydrogen-bond donors (Lipinski definition) is 2. The molecule has 0 saturated heterocycles. The number of aromatic nitrogens is 2. The quantitative estimate of drug-likeness (QED) is 0.848. The van der Waals surface area contributed by atoms with Crippen LogP contribution < -0.4 is 4.72 Å². The molecule has 0 bridgehead atoms. The third-order valence-corrected chi connectivity index (χ3v) is 4.17. The first-order valence-electron chi connectivity index (χ1n) is 5.41. The number of phenolic OH excluding ortho intramolecular Hbond substituents is 1. The minimum absolute atomic E-state index is 0.211. The van der Waals surface area contributed by atoms with E-state index < -0.39 is 21.6 Å². The smallest absolute Gasteiger partial charge is 0.281 e. The number of halogens is 2. The molecule has 0 atom stereocenters. The van der Waals surface area contributed by atoms with E-state index in [2.05, 4.69) is 9.71 Å².